The normalized spacial score (nSPS) is 22.0. The van der Waals surface area contributed by atoms with Gasteiger partial charge in [-0.25, -0.2) is 9.78 Å². The Bertz CT molecular complexity index is 468. The SMILES string of the molecule is CCC(CC)CNC(=O)N1C[C@@H](N)[C@H](c2cn(C)cn2)C1. The lowest BCUT2D eigenvalue weighted by molar-refractivity contribution is 0.205. The zero-order valence-corrected chi connectivity index (χ0v) is 13.2. The molecule has 1 aliphatic rings. The Morgan fingerprint density at radius 3 is 2.76 bits per heavy atom. The van der Waals surface area contributed by atoms with Gasteiger partial charge in [0.2, 0.25) is 0 Å². The number of amides is 2. The van der Waals surface area contributed by atoms with Gasteiger partial charge in [0, 0.05) is 44.8 Å². The van der Waals surface area contributed by atoms with Crippen LogP contribution in [0, 0.1) is 5.92 Å². The summed E-state index contributed by atoms with van der Waals surface area (Å²) >= 11 is 0. The number of nitrogens with two attached hydrogens (primary N) is 1. The summed E-state index contributed by atoms with van der Waals surface area (Å²) in [4.78, 5) is 18.4. The predicted octanol–water partition coefficient (Wildman–Crippen LogP) is 1.29. The summed E-state index contributed by atoms with van der Waals surface area (Å²) in [7, 11) is 1.94. The Labute approximate surface area is 126 Å². The maximum Gasteiger partial charge on any atom is 0.317 e. The number of carbonyl (C=O) groups excluding carboxylic acids is 1. The Balaban J connectivity index is 1.89. The first-order valence-corrected chi connectivity index (χ1v) is 7.81. The number of imidazole rings is 1. The van der Waals surface area contributed by atoms with Gasteiger partial charge in [0.1, 0.15) is 0 Å². The second kappa shape index (κ2) is 6.93. The molecule has 0 saturated carbocycles. The van der Waals surface area contributed by atoms with Crippen LogP contribution in [0.25, 0.3) is 0 Å². The maximum absolute atomic E-state index is 12.2. The molecule has 0 aromatic carbocycles. The molecular formula is C15H27N5O. The molecule has 1 fully saturated rings. The van der Waals surface area contributed by atoms with Gasteiger partial charge in [-0.2, -0.15) is 0 Å². The topological polar surface area (TPSA) is 76.2 Å². The van der Waals surface area contributed by atoms with Crippen LogP contribution in [0.4, 0.5) is 4.79 Å². The number of urea groups is 1. The highest BCUT2D eigenvalue weighted by molar-refractivity contribution is 5.74. The molecule has 21 heavy (non-hydrogen) atoms. The number of hydrogen-bond acceptors (Lipinski definition) is 3. The van der Waals surface area contributed by atoms with Crippen LogP contribution in [-0.4, -0.2) is 46.2 Å². The van der Waals surface area contributed by atoms with Crippen LogP contribution >= 0.6 is 0 Å². The van der Waals surface area contributed by atoms with Gasteiger partial charge >= 0.3 is 6.03 Å². The molecular weight excluding hydrogens is 266 g/mol. The van der Waals surface area contributed by atoms with E-state index >= 15 is 0 Å². The third-order valence-electron chi connectivity index (χ3n) is 4.45. The Hall–Kier alpha value is -1.56. The summed E-state index contributed by atoms with van der Waals surface area (Å²) in [6.07, 6.45) is 5.94. The third kappa shape index (κ3) is 3.75. The fourth-order valence-corrected chi connectivity index (χ4v) is 2.85. The first kappa shape index (κ1) is 15.8. The van der Waals surface area contributed by atoms with Crippen molar-refractivity contribution in [1.29, 1.82) is 0 Å². The van der Waals surface area contributed by atoms with Gasteiger partial charge in [-0.3, -0.25) is 0 Å². The monoisotopic (exact) mass is 293 g/mol. The minimum absolute atomic E-state index is 0.00391. The van der Waals surface area contributed by atoms with Crippen molar-refractivity contribution in [2.45, 2.75) is 38.6 Å². The van der Waals surface area contributed by atoms with E-state index in [-0.39, 0.29) is 18.0 Å². The molecule has 0 radical (unpaired) electrons. The minimum Gasteiger partial charge on any atom is -0.340 e. The molecule has 1 aromatic heterocycles. The molecule has 0 bridgehead atoms. The van der Waals surface area contributed by atoms with Crippen molar-refractivity contribution in [3.63, 3.8) is 0 Å². The lowest BCUT2D eigenvalue weighted by Gasteiger charge is -2.19. The summed E-state index contributed by atoms with van der Waals surface area (Å²) in [6, 6.07) is -0.0467. The van der Waals surface area contributed by atoms with Crippen LogP contribution in [0.3, 0.4) is 0 Å². The average molecular weight is 293 g/mol. The van der Waals surface area contributed by atoms with Crippen molar-refractivity contribution < 1.29 is 4.79 Å². The Kier molecular flexibility index (Phi) is 5.22. The van der Waals surface area contributed by atoms with Crippen molar-refractivity contribution in [3.8, 4) is 0 Å². The van der Waals surface area contributed by atoms with Gasteiger partial charge in [-0.05, 0) is 5.92 Å². The van der Waals surface area contributed by atoms with Crippen molar-refractivity contribution in [2.75, 3.05) is 19.6 Å². The predicted molar refractivity (Wildman–Crippen MR) is 83.0 cm³/mol. The van der Waals surface area contributed by atoms with Crippen molar-refractivity contribution in [1.82, 2.24) is 19.8 Å². The first-order valence-electron chi connectivity index (χ1n) is 7.81. The highest BCUT2D eigenvalue weighted by atomic mass is 16.2. The van der Waals surface area contributed by atoms with Gasteiger partial charge < -0.3 is 20.5 Å². The van der Waals surface area contributed by atoms with Crippen LogP contribution in [-0.2, 0) is 7.05 Å². The summed E-state index contributed by atoms with van der Waals surface area (Å²) in [6.45, 7) is 6.29. The Morgan fingerprint density at radius 2 is 2.19 bits per heavy atom. The van der Waals surface area contributed by atoms with Gasteiger partial charge in [-0.1, -0.05) is 26.7 Å². The van der Waals surface area contributed by atoms with Crippen molar-refractivity contribution in [3.05, 3.63) is 18.2 Å². The highest BCUT2D eigenvalue weighted by Gasteiger charge is 2.35. The minimum atomic E-state index is -0.0428. The van der Waals surface area contributed by atoms with Gasteiger partial charge in [-0.15, -0.1) is 0 Å². The van der Waals surface area contributed by atoms with E-state index in [0.717, 1.165) is 25.1 Å². The van der Waals surface area contributed by atoms with Crippen molar-refractivity contribution in [2.24, 2.45) is 18.7 Å². The molecule has 1 aliphatic heterocycles. The number of rotatable bonds is 5. The van der Waals surface area contributed by atoms with Gasteiger partial charge in [0.15, 0.2) is 0 Å². The van der Waals surface area contributed by atoms with Crippen LogP contribution in [0.2, 0.25) is 0 Å². The number of carbonyl (C=O) groups is 1. The smallest absolute Gasteiger partial charge is 0.317 e. The van der Waals surface area contributed by atoms with E-state index in [1.807, 2.05) is 22.7 Å². The average Bonchev–Trinajstić information content (AvgIpc) is 3.05. The second-order valence-electron chi connectivity index (χ2n) is 6.01. The lowest BCUT2D eigenvalue weighted by Crippen LogP contribution is -2.41. The molecule has 6 heteroatoms. The first-order chi connectivity index (χ1) is 10.0. The number of nitrogens with zero attached hydrogens (tertiary/aromatic N) is 3. The van der Waals surface area contributed by atoms with Crippen LogP contribution in [0.1, 0.15) is 38.3 Å². The molecule has 0 spiro atoms. The molecule has 2 rings (SSSR count). The fraction of sp³-hybridized carbons (Fsp3) is 0.733. The van der Waals surface area contributed by atoms with Gasteiger partial charge in [0.05, 0.1) is 12.0 Å². The molecule has 1 aromatic rings. The molecule has 2 heterocycles. The van der Waals surface area contributed by atoms with E-state index in [1.165, 1.54) is 0 Å². The van der Waals surface area contributed by atoms with Crippen LogP contribution < -0.4 is 11.1 Å². The van der Waals surface area contributed by atoms with E-state index in [2.05, 4.69) is 24.1 Å². The number of aryl methyl sites for hydroxylation is 1. The summed E-state index contributed by atoms with van der Waals surface area (Å²) < 4.78 is 1.91. The summed E-state index contributed by atoms with van der Waals surface area (Å²) in [5.74, 6) is 0.682. The van der Waals surface area contributed by atoms with E-state index in [9.17, 15) is 4.79 Å². The van der Waals surface area contributed by atoms with E-state index in [0.29, 0.717) is 19.0 Å². The Morgan fingerprint density at radius 1 is 1.48 bits per heavy atom. The second-order valence-corrected chi connectivity index (χ2v) is 6.01. The molecule has 1 saturated heterocycles. The number of aromatic nitrogens is 2. The molecule has 0 unspecified atom stereocenters. The van der Waals surface area contributed by atoms with Crippen molar-refractivity contribution >= 4 is 6.03 Å². The van der Waals surface area contributed by atoms with Crippen LogP contribution in [0.15, 0.2) is 12.5 Å². The zero-order valence-electron chi connectivity index (χ0n) is 13.2. The molecule has 6 nitrogen and oxygen atoms in total. The largest absolute Gasteiger partial charge is 0.340 e. The van der Waals surface area contributed by atoms with E-state index in [1.54, 1.807) is 6.33 Å². The standard InChI is InChI=1S/C15H27N5O/c1-4-11(5-2)6-17-15(21)20-7-12(13(16)8-20)14-9-19(3)10-18-14/h9-13H,4-8,16H2,1-3H3,(H,17,21)/t12-,13-/m1/s1. The molecule has 0 aliphatic carbocycles. The highest BCUT2D eigenvalue weighted by Crippen LogP contribution is 2.25. The van der Waals surface area contributed by atoms with E-state index < -0.39 is 0 Å². The zero-order chi connectivity index (χ0) is 15.4. The number of likely N-dealkylation sites (tertiary alicyclic amines) is 1. The quantitative estimate of drug-likeness (QED) is 0.859. The molecule has 3 N–H and O–H groups in total. The summed E-state index contributed by atoms with van der Waals surface area (Å²) in [5, 5.41) is 3.03. The fourth-order valence-electron chi connectivity index (χ4n) is 2.85. The maximum atomic E-state index is 12.2. The lowest BCUT2D eigenvalue weighted by atomic mass is 10.0. The molecule has 118 valence electrons. The van der Waals surface area contributed by atoms with Crippen LogP contribution in [0.5, 0.6) is 0 Å². The summed E-state index contributed by atoms with van der Waals surface area (Å²) in [5.41, 5.74) is 7.16. The third-order valence-corrected chi connectivity index (χ3v) is 4.45. The molecule has 2 amide bonds. The number of nitrogens with one attached hydrogen (secondary N) is 1. The number of hydrogen-bond donors (Lipinski definition) is 2. The van der Waals surface area contributed by atoms with Gasteiger partial charge in [0.25, 0.3) is 0 Å². The molecule has 2 atom stereocenters. The van der Waals surface area contributed by atoms with E-state index in [4.69, 9.17) is 5.73 Å².